The topological polar surface area (TPSA) is 54.9 Å². The summed E-state index contributed by atoms with van der Waals surface area (Å²) >= 11 is 0. The Labute approximate surface area is 180 Å². The molecule has 0 bridgehead atoms. The fourth-order valence-corrected chi connectivity index (χ4v) is 3.77. The van der Waals surface area contributed by atoms with Gasteiger partial charge >= 0.3 is 0 Å². The summed E-state index contributed by atoms with van der Waals surface area (Å²) in [7, 11) is 0. The van der Waals surface area contributed by atoms with E-state index in [-0.39, 0.29) is 5.91 Å². The number of benzene rings is 3. The van der Waals surface area contributed by atoms with E-state index in [1.54, 1.807) is 12.4 Å². The Morgan fingerprint density at radius 1 is 0.613 bits per heavy atom. The van der Waals surface area contributed by atoms with Gasteiger partial charge in [0.2, 0.25) is 0 Å². The molecule has 3 aromatic carbocycles. The summed E-state index contributed by atoms with van der Waals surface area (Å²) in [5.74, 6) is -0.176. The fourth-order valence-electron chi connectivity index (χ4n) is 3.77. The van der Waals surface area contributed by atoms with Crippen LogP contribution in [0.3, 0.4) is 0 Å². The Bertz CT molecular complexity index is 1370. The van der Waals surface area contributed by atoms with Gasteiger partial charge in [-0.15, -0.1) is 0 Å². The summed E-state index contributed by atoms with van der Waals surface area (Å²) < 4.78 is 0. The van der Waals surface area contributed by atoms with Gasteiger partial charge in [-0.25, -0.2) is 0 Å². The predicted molar refractivity (Wildman–Crippen MR) is 125 cm³/mol. The summed E-state index contributed by atoms with van der Waals surface area (Å²) in [6, 6.07) is 31.1. The normalized spacial score (nSPS) is 10.7. The van der Waals surface area contributed by atoms with Crippen LogP contribution in [-0.2, 0) is 0 Å². The molecule has 0 aliphatic rings. The molecule has 148 valence electrons. The van der Waals surface area contributed by atoms with Crippen LogP contribution in [0.4, 0.5) is 5.69 Å². The average molecular weight is 401 g/mol. The molecule has 5 rings (SSSR count). The van der Waals surface area contributed by atoms with Crippen LogP contribution in [0.25, 0.3) is 33.3 Å². The molecule has 5 aromatic rings. The van der Waals surface area contributed by atoms with E-state index >= 15 is 0 Å². The minimum atomic E-state index is -0.176. The Morgan fingerprint density at radius 2 is 1.32 bits per heavy atom. The van der Waals surface area contributed by atoms with E-state index in [4.69, 9.17) is 0 Å². The Morgan fingerprint density at radius 3 is 2.16 bits per heavy atom. The first-order valence-electron chi connectivity index (χ1n) is 10.1. The summed E-state index contributed by atoms with van der Waals surface area (Å²) in [6.07, 6.45) is 3.51. The van der Waals surface area contributed by atoms with Crippen LogP contribution in [0.15, 0.2) is 109 Å². The van der Waals surface area contributed by atoms with E-state index in [1.807, 2.05) is 97.1 Å². The number of amides is 1. The molecule has 0 fully saturated rings. The highest BCUT2D eigenvalue weighted by Gasteiger charge is 2.17. The van der Waals surface area contributed by atoms with Crippen molar-refractivity contribution in [2.45, 2.75) is 0 Å². The van der Waals surface area contributed by atoms with Crippen molar-refractivity contribution in [2.75, 3.05) is 5.32 Å². The fraction of sp³-hybridized carbons (Fsp3) is 0. The van der Waals surface area contributed by atoms with Crippen LogP contribution in [0.5, 0.6) is 0 Å². The number of carbonyl (C=O) groups excluding carboxylic acids is 1. The molecule has 1 amide bonds. The number of carbonyl (C=O) groups is 1. The molecule has 0 atom stereocenters. The van der Waals surface area contributed by atoms with Crippen molar-refractivity contribution in [3.8, 4) is 22.4 Å². The Hall–Kier alpha value is -4.31. The molecular formula is C27H19N3O. The number of para-hydroxylation sites is 1. The molecule has 0 unspecified atom stereocenters. The summed E-state index contributed by atoms with van der Waals surface area (Å²) in [6.45, 7) is 0. The van der Waals surface area contributed by atoms with Gasteiger partial charge in [-0.2, -0.15) is 0 Å². The molecule has 2 aromatic heterocycles. The first kappa shape index (κ1) is 18.7. The van der Waals surface area contributed by atoms with E-state index in [0.29, 0.717) is 11.3 Å². The molecule has 1 N–H and O–H groups in total. The Kier molecular flexibility index (Phi) is 4.95. The second-order valence-corrected chi connectivity index (χ2v) is 7.14. The molecule has 0 spiro atoms. The lowest BCUT2D eigenvalue weighted by Crippen LogP contribution is -2.13. The van der Waals surface area contributed by atoms with Gasteiger partial charge in [-0.3, -0.25) is 14.8 Å². The first-order valence-corrected chi connectivity index (χ1v) is 10.1. The largest absolute Gasteiger partial charge is 0.320 e. The zero-order valence-corrected chi connectivity index (χ0v) is 16.7. The van der Waals surface area contributed by atoms with Crippen molar-refractivity contribution in [3.63, 3.8) is 0 Å². The van der Waals surface area contributed by atoms with Gasteiger partial charge in [0.1, 0.15) is 0 Å². The second kappa shape index (κ2) is 8.20. The molecule has 4 nitrogen and oxygen atoms in total. The molecular weight excluding hydrogens is 382 g/mol. The highest BCUT2D eigenvalue weighted by molar-refractivity contribution is 6.12. The summed E-state index contributed by atoms with van der Waals surface area (Å²) in [4.78, 5) is 22.3. The van der Waals surface area contributed by atoms with Gasteiger partial charge in [0.15, 0.2) is 0 Å². The van der Waals surface area contributed by atoms with E-state index in [0.717, 1.165) is 33.3 Å². The third-order valence-electron chi connectivity index (χ3n) is 5.21. The maximum Gasteiger partial charge on any atom is 0.256 e. The maximum atomic E-state index is 13.3. The molecule has 2 heterocycles. The SMILES string of the molecule is O=C(Nc1cccc2cccnc12)c1ccccc1-c1ccccc1-c1ccccn1. The van der Waals surface area contributed by atoms with Crippen LogP contribution >= 0.6 is 0 Å². The van der Waals surface area contributed by atoms with Gasteiger partial charge in [0.25, 0.3) is 5.91 Å². The van der Waals surface area contributed by atoms with Crippen molar-refractivity contribution in [2.24, 2.45) is 0 Å². The minimum absolute atomic E-state index is 0.176. The number of pyridine rings is 2. The summed E-state index contributed by atoms with van der Waals surface area (Å²) in [5.41, 5.74) is 5.72. The van der Waals surface area contributed by atoms with E-state index in [1.165, 1.54) is 0 Å². The monoisotopic (exact) mass is 401 g/mol. The van der Waals surface area contributed by atoms with Crippen molar-refractivity contribution in [1.82, 2.24) is 9.97 Å². The van der Waals surface area contributed by atoms with Gasteiger partial charge in [0, 0.05) is 28.9 Å². The number of hydrogen-bond donors (Lipinski definition) is 1. The van der Waals surface area contributed by atoms with Crippen LogP contribution in [-0.4, -0.2) is 15.9 Å². The Balaban J connectivity index is 1.58. The highest BCUT2D eigenvalue weighted by Crippen LogP contribution is 2.33. The number of anilines is 1. The smallest absolute Gasteiger partial charge is 0.256 e. The molecule has 4 heteroatoms. The molecule has 0 aliphatic heterocycles. The number of rotatable bonds is 4. The van der Waals surface area contributed by atoms with Crippen molar-refractivity contribution in [3.05, 3.63) is 115 Å². The lowest BCUT2D eigenvalue weighted by atomic mass is 9.93. The van der Waals surface area contributed by atoms with Gasteiger partial charge in [-0.05, 0) is 41.5 Å². The quantitative estimate of drug-likeness (QED) is 0.389. The minimum Gasteiger partial charge on any atom is -0.320 e. The third kappa shape index (κ3) is 3.67. The standard InChI is InChI=1S/C27H19N3O/c31-27(30-25-16-7-9-19-10-8-18-29-26(19)25)23-14-4-2-12-21(23)20-11-1-3-13-22(20)24-15-5-6-17-28-24/h1-18H,(H,30,31). The lowest BCUT2D eigenvalue weighted by molar-refractivity contribution is 0.102. The first-order chi connectivity index (χ1) is 15.3. The van der Waals surface area contributed by atoms with Gasteiger partial charge < -0.3 is 5.32 Å². The van der Waals surface area contributed by atoms with Gasteiger partial charge in [-0.1, -0.05) is 66.7 Å². The number of fused-ring (bicyclic) bond motifs is 1. The zero-order valence-electron chi connectivity index (χ0n) is 16.7. The zero-order chi connectivity index (χ0) is 21.0. The maximum absolute atomic E-state index is 13.3. The van der Waals surface area contributed by atoms with Gasteiger partial charge in [0.05, 0.1) is 16.9 Å². The van der Waals surface area contributed by atoms with E-state index in [2.05, 4.69) is 15.3 Å². The number of aromatic nitrogens is 2. The van der Waals surface area contributed by atoms with Crippen molar-refractivity contribution >= 4 is 22.5 Å². The number of nitrogens with zero attached hydrogens (tertiary/aromatic N) is 2. The van der Waals surface area contributed by atoms with Crippen molar-refractivity contribution < 1.29 is 4.79 Å². The molecule has 0 saturated carbocycles. The average Bonchev–Trinajstić information content (AvgIpc) is 2.85. The molecule has 0 radical (unpaired) electrons. The lowest BCUT2D eigenvalue weighted by Gasteiger charge is -2.14. The van der Waals surface area contributed by atoms with Crippen molar-refractivity contribution in [1.29, 1.82) is 0 Å². The van der Waals surface area contributed by atoms with Crippen LogP contribution in [0.2, 0.25) is 0 Å². The molecule has 0 saturated heterocycles. The summed E-state index contributed by atoms with van der Waals surface area (Å²) in [5, 5.41) is 4.03. The molecule has 0 aliphatic carbocycles. The number of hydrogen-bond acceptors (Lipinski definition) is 3. The number of nitrogens with one attached hydrogen (secondary N) is 1. The second-order valence-electron chi connectivity index (χ2n) is 7.14. The van der Waals surface area contributed by atoms with Crippen LogP contribution < -0.4 is 5.32 Å². The highest BCUT2D eigenvalue weighted by atomic mass is 16.1. The third-order valence-corrected chi connectivity index (χ3v) is 5.21. The van der Waals surface area contributed by atoms with E-state index in [9.17, 15) is 4.79 Å². The predicted octanol–water partition coefficient (Wildman–Crippen LogP) is 6.22. The van der Waals surface area contributed by atoms with Crippen LogP contribution in [0, 0.1) is 0 Å². The molecule has 31 heavy (non-hydrogen) atoms. The van der Waals surface area contributed by atoms with Crippen LogP contribution in [0.1, 0.15) is 10.4 Å². The van der Waals surface area contributed by atoms with E-state index < -0.39 is 0 Å².